The van der Waals surface area contributed by atoms with Crippen LogP contribution in [-0.4, -0.2) is 22.2 Å². The largest absolute Gasteiger partial charge is 0.393 e. The summed E-state index contributed by atoms with van der Waals surface area (Å²) >= 11 is 0. The van der Waals surface area contributed by atoms with E-state index in [1.54, 1.807) is 0 Å². The summed E-state index contributed by atoms with van der Waals surface area (Å²) in [7, 11) is 0. The monoisotopic (exact) mass is 267 g/mol. The number of rotatable bonds is 5. The molecule has 1 fully saturated rings. The zero-order valence-corrected chi connectivity index (χ0v) is 11.7. The molecule has 0 heterocycles. The number of aliphatic hydroxyl groups is 1. The molecule has 0 unspecified atom stereocenters. The maximum absolute atomic E-state index is 9.57. The highest BCUT2D eigenvalue weighted by Crippen LogP contribution is 2.28. The minimum absolute atomic E-state index is 0.103. The summed E-state index contributed by atoms with van der Waals surface area (Å²) < 4.78 is 0. The highest BCUT2D eigenvalue weighted by Gasteiger charge is 2.32. The highest BCUT2D eigenvalue weighted by atomic mass is 16.3. The van der Waals surface area contributed by atoms with Crippen molar-refractivity contribution in [2.45, 2.75) is 38.1 Å². The number of aliphatic hydroxyl groups excluding tert-OH is 1. The first-order chi connectivity index (χ1) is 9.81. The van der Waals surface area contributed by atoms with Crippen LogP contribution < -0.4 is 0 Å². The van der Waals surface area contributed by atoms with Crippen LogP contribution in [0.2, 0.25) is 0 Å². The summed E-state index contributed by atoms with van der Waals surface area (Å²) in [5, 5.41) is 9.57. The van der Waals surface area contributed by atoms with Crippen molar-refractivity contribution in [1.29, 1.82) is 0 Å². The van der Waals surface area contributed by atoms with E-state index in [2.05, 4.69) is 65.6 Å². The van der Waals surface area contributed by atoms with Crippen LogP contribution in [0.15, 0.2) is 60.7 Å². The van der Waals surface area contributed by atoms with Gasteiger partial charge in [-0.2, -0.15) is 0 Å². The van der Waals surface area contributed by atoms with E-state index in [4.69, 9.17) is 0 Å². The molecule has 20 heavy (non-hydrogen) atoms. The molecule has 0 bridgehead atoms. The molecule has 2 aromatic rings. The molecular formula is C18H21NO. The van der Waals surface area contributed by atoms with Crippen molar-refractivity contribution in [3.05, 3.63) is 71.8 Å². The van der Waals surface area contributed by atoms with Crippen LogP contribution >= 0.6 is 0 Å². The molecule has 0 amide bonds. The van der Waals surface area contributed by atoms with Crippen molar-refractivity contribution in [3.8, 4) is 0 Å². The number of hydrogen-bond acceptors (Lipinski definition) is 2. The molecule has 1 N–H and O–H groups in total. The van der Waals surface area contributed by atoms with E-state index in [0.29, 0.717) is 6.04 Å². The molecule has 0 radical (unpaired) electrons. The Labute approximate surface area is 120 Å². The minimum atomic E-state index is -0.103. The Morgan fingerprint density at radius 2 is 1.25 bits per heavy atom. The second-order valence-corrected chi connectivity index (χ2v) is 5.66. The Morgan fingerprint density at radius 3 is 1.65 bits per heavy atom. The van der Waals surface area contributed by atoms with Crippen molar-refractivity contribution in [1.82, 2.24) is 4.90 Å². The van der Waals surface area contributed by atoms with Crippen LogP contribution in [-0.2, 0) is 13.1 Å². The van der Waals surface area contributed by atoms with Gasteiger partial charge in [-0.25, -0.2) is 0 Å². The van der Waals surface area contributed by atoms with E-state index < -0.39 is 0 Å². The number of nitrogens with zero attached hydrogens (tertiary/aromatic N) is 1. The Hall–Kier alpha value is -1.64. The van der Waals surface area contributed by atoms with Gasteiger partial charge in [0.1, 0.15) is 0 Å². The minimum Gasteiger partial charge on any atom is -0.393 e. The molecule has 0 aromatic heterocycles. The lowest BCUT2D eigenvalue weighted by Gasteiger charge is -2.41. The summed E-state index contributed by atoms with van der Waals surface area (Å²) in [5.74, 6) is 0. The van der Waals surface area contributed by atoms with Gasteiger partial charge in [0.25, 0.3) is 0 Å². The molecule has 0 atom stereocenters. The van der Waals surface area contributed by atoms with Gasteiger partial charge in [0.2, 0.25) is 0 Å². The molecule has 0 aliphatic heterocycles. The molecule has 1 aliphatic carbocycles. The lowest BCUT2D eigenvalue weighted by molar-refractivity contribution is -0.00586. The molecule has 0 spiro atoms. The van der Waals surface area contributed by atoms with Crippen LogP contribution in [0, 0.1) is 0 Å². The van der Waals surface area contributed by atoms with Gasteiger partial charge in [-0.3, -0.25) is 4.90 Å². The van der Waals surface area contributed by atoms with Crippen LogP contribution in [0.25, 0.3) is 0 Å². The fourth-order valence-electron chi connectivity index (χ4n) is 2.81. The van der Waals surface area contributed by atoms with Gasteiger partial charge in [-0.15, -0.1) is 0 Å². The molecule has 2 aromatic carbocycles. The quantitative estimate of drug-likeness (QED) is 0.899. The lowest BCUT2D eigenvalue weighted by atomic mass is 9.87. The third-order valence-corrected chi connectivity index (χ3v) is 4.06. The topological polar surface area (TPSA) is 23.5 Å². The number of benzene rings is 2. The molecule has 1 aliphatic rings. The molecule has 3 rings (SSSR count). The first kappa shape index (κ1) is 13.3. The Balaban J connectivity index is 1.71. The zero-order chi connectivity index (χ0) is 13.8. The first-order valence-corrected chi connectivity index (χ1v) is 7.31. The second kappa shape index (κ2) is 6.21. The Bertz CT molecular complexity index is 478. The van der Waals surface area contributed by atoms with Crippen molar-refractivity contribution in [3.63, 3.8) is 0 Å². The van der Waals surface area contributed by atoms with Gasteiger partial charge >= 0.3 is 0 Å². The Morgan fingerprint density at radius 1 is 0.800 bits per heavy atom. The highest BCUT2D eigenvalue weighted by molar-refractivity contribution is 5.17. The predicted molar refractivity (Wildman–Crippen MR) is 81.2 cm³/mol. The van der Waals surface area contributed by atoms with Gasteiger partial charge in [-0.05, 0) is 24.0 Å². The maximum Gasteiger partial charge on any atom is 0.0570 e. The van der Waals surface area contributed by atoms with E-state index in [1.807, 2.05) is 0 Å². The van der Waals surface area contributed by atoms with Gasteiger partial charge < -0.3 is 5.11 Å². The average Bonchev–Trinajstić information content (AvgIpc) is 2.46. The standard InChI is InChI=1S/C18H21NO/c20-18-11-17(12-18)19(13-15-7-3-1-4-8-15)14-16-9-5-2-6-10-16/h1-10,17-18,20H,11-14H2. The number of hydrogen-bond donors (Lipinski definition) is 1. The summed E-state index contributed by atoms with van der Waals surface area (Å²) in [6, 6.07) is 21.7. The molecular weight excluding hydrogens is 246 g/mol. The summed E-state index contributed by atoms with van der Waals surface area (Å²) in [6.07, 6.45) is 1.70. The fraction of sp³-hybridized carbons (Fsp3) is 0.333. The van der Waals surface area contributed by atoms with E-state index in [-0.39, 0.29) is 6.10 Å². The van der Waals surface area contributed by atoms with Crippen LogP contribution in [0.3, 0.4) is 0 Å². The van der Waals surface area contributed by atoms with Gasteiger partial charge in [-0.1, -0.05) is 60.7 Å². The summed E-state index contributed by atoms with van der Waals surface area (Å²) in [6.45, 7) is 1.90. The van der Waals surface area contributed by atoms with Crippen molar-refractivity contribution in [2.24, 2.45) is 0 Å². The molecule has 104 valence electrons. The van der Waals surface area contributed by atoms with Gasteiger partial charge in [0.05, 0.1) is 6.10 Å². The summed E-state index contributed by atoms with van der Waals surface area (Å²) in [4.78, 5) is 2.48. The SMILES string of the molecule is OC1CC(N(Cc2ccccc2)Cc2ccccc2)C1. The van der Waals surface area contributed by atoms with E-state index >= 15 is 0 Å². The third kappa shape index (κ3) is 3.27. The second-order valence-electron chi connectivity index (χ2n) is 5.66. The predicted octanol–water partition coefficient (Wildman–Crippen LogP) is 3.21. The third-order valence-electron chi connectivity index (χ3n) is 4.06. The van der Waals surface area contributed by atoms with E-state index in [0.717, 1.165) is 25.9 Å². The Kier molecular flexibility index (Phi) is 4.14. The van der Waals surface area contributed by atoms with Crippen LogP contribution in [0.4, 0.5) is 0 Å². The molecule has 2 nitrogen and oxygen atoms in total. The lowest BCUT2D eigenvalue weighted by Crippen LogP contribution is -2.46. The van der Waals surface area contributed by atoms with Crippen LogP contribution in [0.1, 0.15) is 24.0 Å². The fourth-order valence-corrected chi connectivity index (χ4v) is 2.81. The smallest absolute Gasteiger partial charge is 0.0570 e. The molecule has 2 heteroatoms. The van der Waals surface area contributed by atoms with Crippen LogP contribution in [0.5, 0.6) is 0 Å². The first-order valence-electron chi connectivity index (χ1n) is 7.31. The van der Waals surface area contributed by atoms with Crippen molar-refractivity contribution in [2.75, 3.05) is 0 Å². The van der Waals surface area contributed by atoms with Gasteiger partial charge in [0, 0.05) is 19.1 Å². The molecule has 0 saturated heterocycles. The van der Waals surface area contributed by atoms with Crippen molar-refractivity contribution < 1.29 is 5.11 Å². The normalized spacial score (nSPS) is 21.7. The summed E-state index contributed by atoms with van der Waals surface area (Å²) in [5.41, 5.74) is 2.68. The van der Waals surface area contributed by atoms with Gasteiger partial charge in [0.15, 0.2) is 0 Å². The van der Waals surface area contributed by atoms with Crippen molar-refractivity contribution >= 4 is 0 Å². The molecule has 1 saturated carbocycles. The maximum atomic E-state index is 9.57. The zero-order valence-electron chi connectivity index (χ0n) is 11.7. The van der Waals surface area contributed by atoms with E-state index in [9.17, 15) is 5.11 Å². The van der Waals surface area contributed by atoms with E-state index in [1.165, 1.54) is 11.1 Å². The average molecular weight is 267 g/mol.